The lowest BCUT2D eigenvalue weighted by molar-refractivity contribution is -0.393. The predicted molar refractivity (Wildman–Crippen MR) is 84.2 cm³/mol. The number of ether oxygens (including phenoxy) is 3. The molecule has 2 heterocycles. The van der Waals surface area contributed by atoms with Gasteiger partial charge in [-0.1, -0.05) is 0 Å². The fourth-order valence-corrected chi connectivity index (χ4v) is 3.56. The van der Waals surface area contributed by atoms with Gasteiger partial charge in [0.25, 0.3) is 0 Å². The first-order valence-electron chi connectivity index (χ1n) is 7.39. The molecule has 11 heteroatoms. The van der Waals surface area contributed by atoms with E-state index in [1.54, 1.807) is 0 Å². The van der Waals surface area contributed by atoms with Gasteiger partial charge in [-0.25, -0.2) is 0 Å². The van der Waals surface area contributed by atoms with Crippen molar-refractivity contribution in [2.45, 2.75) is 60.5 Å². The third-order valence-electron chi connectivity index (χ3n) is 4.21. The molecule has 0 bridgehead atoms. The van der Waals surface area contributed by atoms with Crippen molar-refractivity contribution >= 4 is 34.8 Å². The maximum atomic E-state index is 10.2. The second-order valence-corrected chi connectivity index (χ2v) is 6.92. The average Bonchev–Trinajstić information content (AvgIpc) is 2.57. The summed E-state index contributed by atoms with van der Waals surface area (Å²) >= 11 is 17.5. The van der Waals surface area contributed by atoms with Crippen LogP contribution in [0.5, 0.6) is 0 Å². The standard InChI is InChI=1S/C13H21Cl3O8/c14-2-6-5(18)1-8(19)13(4-15,23-6)24-12-11(21)10(20)9(16)7(3-17)22-12/h5-12,17-21H,1-4H2/t5?,6-,7?,8+,9-,10?,11?,12+,13+/m0/s1. The number of aliphatic hydroxyl groups excluding tert-OH is 5. The molecule has 9 atom stereocenters. The number of hydrogen-bond acceptors (Lipinski definition) is 8. The number of hydrogen-bond donors (Lipinski definition) is 5. The summed E-state index contributed by atoms with van der Waals surface area (Å²) in [7, 11) is 0. The van der Waals surface area contributed by atoms with Gasteiger partial charge >= 0.3 is 0 Å². The summed E-state index contributed by atoms with van der Waals surface area (Å²) in [5, 5.41) is 48.4. The molecule has 2 fully saturated rings. The zero-order valence-corrected chi connectivity index (χ0v) is 14.8. The molecule has 0 saturated carbocycles. The molecule has 2 saturated heterocycles. The van der Waals surface area contributed by atoms with Crippen LogP contribution in [-0.4, -0.2) is 98.0 Å². The van der Waals surface area contributed by atoms with E-state index >= 15 is 0 Å². The Kier molecular flexibility index (Phi) is 7.38. The first kappa shape index (κ1) is 20.9. The fourth-order valence-electron chi connectivity index (χ4n) is 2.70. The highest BCUT2D eigenvalue weighted by atomic mass is 35.5. The van der Waals surface area contributed by atoms with Crippen LogP contribution < -0.4 is 0 Å². The maximum Gasteiger partial charge on any atom is 0.211 e. The van der Waals surface area contributed by atoms with E-state index in [1.165, 1.54) is 0 Å². The summed E-state index contributed by atoms with van der Waals surface area (Å²) in [5.41, 5.74) is 0. The highest BCUT2D eigenvalue weighted by Gasteiger charge is 2.53. The van der Waals surface area contributed by atoms with Gasteiger partial charge in [0, 0.05) is 6.42 Å². The minimum absolute atomic E-state index is 0.0738. The smallest absolute Gasteiger partial charge is 0.211 e. The number of halogens is 3. The van der Waals surface area contributed by atoms with Crippen molar-refractivity contribution in [3.05, 3.63) is 0 Å². The normalized spacial score (nSPS) is 50.0. The fraction of sp³-hybridized carbons (Fsp3) is 1.00. The molecule has 0 aliphatic carbocycles. The van der Waals surface area contributed by atoms with Gasteiger partial charge in [-0.15, -0.1) is 34.8 Å². The number of alkyl halides is 3. The average molecular weight is 412 g/mol. The molecule has 2 rings (SSSR count). The third-order valence-corrected chi connectivity index (χ3v) is 5.42. The van der Waals surface area contributed by atoms with Crippen molar-refractivity contribution in [2.24, 2.45) is 0 Å². The number of aliphatic hydroxyl groups is 5. The van der Waals surface area contributed by atoms with Gasteiger partial charge in [-0.05, 0) is 0 Å². The quantitative estimate of drug-likeness (QED) is 0.354. The van der Waals surface area contributed by atoms with Crippen molar-refractivity contribution < 1.29 is 39.7 Å². The largest absolute Gasteiger partial charge is 0.394 e. The van der Waals surface area contributed by atoms with Crippen molar-refractivity contribution in [1.29, 1.82) is 0 Å². The van der Waals surface area contributed by atoms with Gasteiger partial charge < -0.3 is 39.7 Å². The van der Waals surface area contributed by atoms with Gasteiger partial charge in [0.1, 0.15) is 30.5 Å². The minimum Gasteiger partial charge on any atom is -0.394 e. The van der Waals surface area contributed by atoms with E-state index in [2.05, 4.69) is 0 Å². The summed E-state index contributed by atoms with van der Waals surface area (Å²) in [6, 6.07) is 0. The molecule has 142 valence electrons. The van der Waals surface area contributed by atoms with E-state index in [1.807, 2.05) is 0 Å². The lowest BCUT2D eigenvalue weighted by Crippen LogP contribution is -2.65. The van der Waals surface area contributed by atoms with Gasteiger partial charge in [0.15, 0.2) is 6.29 Å². The zero-order chi connectivity index (χ0) is 18.1. The predicted octanol–water partition coefficient (Wildman–Crippen LogP) is -1.27. The maximum absolute atomic E-state index is 10.2. The Morgan fingerprint density at radius 2 is 1.75 bits per heavy atom. The molecule has 0 aromatic heterocycles. The van der Waals surface area contributed by atoms with Crippen molar-refractivity contribution in [3.8, 4) is 0 Å². The van der Waals surface area contributed by atoms with E-state index in [-0.39, 0.29) is 18.2 Å². The first-order valence-corrected chi connectivity index (χ1v) is 8.90. The Balaban J connectivity index is 2.18. The highest BCUT2D eigenvalue weighted by molar-refractivity contribution is 6.21. The van der Waals surface area contributed by atoms with Crippen molar-refractivity contribution in [3.63, 3.8) is 0 Å². The van der Waals surface area contributed by atoms with E-state index in [4.69, 9.17) is 49.0 Å². The SMILES string of the molecule is OCC1O[C@H](O[C@@]2(CCl)O[C@@H](CCl)C(O)C[C@H]2O)C(O)C(O)[C@H]1Cl. The molecule has 2 aliphatic rings. The topological polar surface area (TPSA) is 129 Å². The van der Waals surface area contributed by atoms with Crippen LogP contribution in [0.15, 0.2) is 0 Å². The molecule has 0 aromatic rings. The Bertz CT molecular complexity index is 417. The molecule has 0 spiro atoms. The van der Waals surface area contributed by atoms with Crippen LogP contribution in [0.25, 0.3) is 0 Å². The first-order chi connectivity index (χ1) is 11.3. The van der Waals surface area contributed by atoms with Crippen LogP contribution in [0.1, 0.15) is 6.42 Å². The van der Waals surface area contributed by atoms with Crippen molar-refractivity contribution in [1.82, 2.24) is 0 Å². The Labute approximate surface area is 153 Å². The number of rotatable bonds is 5. The van der Waals surface area contributed by atoms with E-state index < -0.39 is 60.7 Å². The molecule has 5 N–H and O–H groups in total. The van der Waals surface area contributed by atoms with Crippen molar-refractivity contribution in [2.75, 3.05) is 18.4 Å². The van der Waals surface area contributed by atoms with Gasteiger partial charge in [-0.3, -0.25) is 0 Å². The third kappa shape index (κ3) is 3.94. The van der Waals surface area contributed by atoms with Gasteiger partial charge in [0.2, 0.25) is 5.79 Å². The molecular weight excluding hydrogens is 390 g/mol. The summed E-state index contributed by atoms with van der Waals surface area (Å²) in [5.74, 6) is -2.24. The van der Waals surface area contributed by atoms with E-state index in [0.29, 0.717) is 0 Å². The molecular formula is C13H21Cl3O8. The zero-order valence-electron chi connectivity index (χ0n) is 12.5. The van der Waals surface area contributed by atoms with Crippen LogP contribution in [0.4, 0.5) is 0 Å². The van der Waals surface area contributed by atoms with Gasteiger partial charge in [-0.2, -0.15) is 0 Å². The van der Waals surface area contributed by atoms with Crippen LogP contribution in [0.3, 0.4) is 0 Å². The van der Waals surface area contributed by atoms with Gasteiger partial charge in [0.05, 0.1) is 29.8 Å². The Hall–Kier alpha value is 0.550. The van der Waals surface area contributed by atoms with E-state index in [0.717, 1.165) is 0 Å². The Morgan fingerprint density at radius 3 is 2.29 bits per heavy atom. The Morgan fingerprint density at radius 1 is 1.08 bits per heavy atom. The summed E-state index contributed by atoms with van der Waals surface area (Å²) < 4.78 is 16.4. The molecule has 0 amide bonds. The lowest BCUT2D eigenvalue weighted by atomic mass is 9.96. The summed E-state index contributed by atoms with van der Waals surface area (Å²) in [6.45, 7) is -0.516. The molecule has 2 aliphatic heterocycles. The van der Waals surface area contributed by atoms with Crippen LogP contribution in [0, 0.1) is 0 Å². The molecule has 0 aromatic carbocycles. The molecule has 0 radical (unpaired) electrons. The lowest BCUT2D eigenvalue weighted by Gasteiger charge is -2.48. The van der Waals surface area contributed by atoms with Crippen LogP contribution >= 0.6 is 34.8 Å². The second-order valence-electron chi connectivity index (χ2n) is 5.84. The van der Waals surface area contributed by atoms with Crippen LogP contribution in [0.2, 0.25) is 0 Å². The van der Waals surface area contributed by atoms with E-state index in [9.17, 15) is 25.5 Å². The highest BCUT2D eigenvalue weighted by Crippen LogP contribution is 2.36. The molecule has 8 nitrogen and oxygen atoms in total. The monoisotopic (exact) mass is 410 g/mol. The summed E-state index contributed by atoms with van der Waals surface area (Å²) in [4.78, 5) is 0. The minimum atomic E-state index is -1.81. The molecule has 24 heavy (non-hydrogen) atoms. The second kappa shape index (κ2) is 8.49. The molecule has 4 unspecified atom stereocenters. The summed E-state index contributed by atoms with van der Waals surface area (Å²) in [6.07, 6.45) is -8.79. The van der Waals surface area contributed by atoms with Crippen LogP contribution in [-0.2, 0) is 14.2 Å².